The van der Waals surface area contributed by atoms with Gasteiger partial charge in [-0.15, -0.1) is 0 Å². The Kier molecular flexibility index (Phi) is 3.41. The van der Waals surface area contributed by atoms with Crippen LogP contribution in [-0.2, 0) is 0 Å². The molecule has 1 aliphatic carbocycles. The third-order valence-corrected chi connectivity index (χ3v) is 2.28. The van der Waals surface area contributed by atoms with Gasteiger partial charge in [-0.1, -0.05) is 43.6 Å². The summed E-state index contributed by atoms with van der Waals surface area (Å²) in [4.78, 5) is 0. The predicted octanol–water partition coefficient (Wildman–Crippen LogP) is 3.84. The molecule has 0 aromatic heterocycles. The van der Waals surface area contributed by atoms with E-state index < -0.39 is 0 Å². The molecule has 0 amide bonds. The van der Waals surface area contributed by atoms with E-state index >= 15 is 0 Å². The molecule has 0 aromatic carbocycles. The molecule has 0 radical (unpaired) electrons. The highest BCUT2D eigenvalue weighted by Crippen LogP contribution is 2.23. The Morgan fingerprint density at radius 1 is 1.36 bits per heavy atom. The van der Waals surface area contributed by atoms with E-state index in [1.807, 2.05) is 0 Å². The van der Waals surface area contributed by atoms with Gasteiger partial charge < -0.3 is 0 Å². The molecule has 0 spiro atoms. The van der Waals surface area contributed by atoms with Crippen molar-refractivity contribution >= 4 is 0 Å². The van der Waals surface area contributed by atoms with E-state index in [0.717, 1.165) is 0 Å². The molecule has 0 heteroatoms. The summed E-state index contributed by atoms with van der Waals surface area (Å²) in [7, 11) is 0. The minimum absolute atomic E-state index is 1.20. The lowest BCUT2D eigenvalue weighted by Gasteiger charge is -1.97. The zero-order chi connectivity index (χ0) is 8.10. The van der Waals surface area contributed by atoms with Crippen molar-refractivity contribution in [1.82, 2.24) is 0 Å². The molecule has 0 fully saturated rings. The SMILES string of the molecule is CCCCC1=CC(CC)=CC1. The fraction of sp³-hybridized carbons (Fsp3) is 0.636. The average molecular weight is 150 g/mol. The molecule has 0 heterocycles. The van der Waals surface area contributed by atoms with Gasteiger partial charge >= 0.3 is 0 Å². The largest absolute Gasteiger partial charge is 0.0773 e. The van der Waals surface area contributed by atoms with Gasteiger partial charge in [0.25, 0.3) is 0 Å². The van der Waals surface area contributed by atoms with Crippen LogP contribution < -0.4 is 0 Å². The lowest BCUT2D eigenvalue weighted by atomic mass is 10.1. The van der Waals surface area contributed by atoms with Crippen LogP contribution in [0, 0.1) is 0 Å². The number of unbranched alkanes of at least 4 members (excludes halogenated alkanes) is 1. The van der Waals surface area contributed by atoms with Gasteiger partial charge in [0.15, 0.2) is 0 Å². The molecule has 0 saturated heterocycles. The number of hydrogen-bond donors (Lipinski definition) is 0. The highest BCUT2D eigenvalue weighted by Gasteiger charge is 2.03. The molecule has 62 valence electrons. The van der Waals surface area contributed by atoms with Gasteiger partial charge in [0.1, 0.15) is 0 Å². The Hall–Kier alpha value is -0.520. The van der Waals surface area contributed by atoms with Gasteiger partial charge in [-0.25, -0.2) is 0 Å². The predicted molar refractivity (Wildman–Crippen MR) is 50.6 cm³/mol. The van der Waals surface area contributed by atoms with Crippen molar-refractivity contribution in [2.24, 2.45) is 0 Å². The van der Waals surface area contributed by atoms with Crippen molar-refractivity contribution in [1.29, 1.82) is 0 Å². The van der Waals surface area contributed by atoms with E-state index in [1.165, 1.54) is 37.7 Å². The van der Waals surface area contributed by atoms with Gasteiger partial charge in [0.2, 0.25) is 0 Å². The first-order valence-corrected chi connectivity index (χ1v) is 4.75. The summed E-state index contributed by atoms with van der Waals surface area (Å²) >= 11 is 0. The van der Waals surface area contributed by atoms with Crippen LogP contribution in [0.1, 0.15) is 46.0 Å². The Balaban J connectivity index is 2.30. The first-order valence-electron chi connectivity index (χ1n) is 4.75. The first kappa shape index (κ1) is 8.58. The summed E-state index contributed by atoms with van der Waals surface area (Å²) in [5, 5.41) is 0. The fourth-order valence-corrected chi connectivity index (χ4v) is 1.47. The molecule has 0 saturated carbocycles. The second-order valence-corrected chi connectivity index (χ2v) is 3.24. The Bertz CT molecular complexity index is 172. The third kappa shape index (κ3) is 2.53. The van der Waals surface area contributed by atoms with Crippen molar-refractivity contribution in [2.75, 3.05) is 0 Å². The van der Waals surface area contributed by atoms with Crippen LogP contribution in [0.5, 0.6) is 0 Å². The van der Waals surface area contributed by atoms with Crippen molar-refractivity contribution < 1.29 is 0 Å². The van der Waals surface area contributed by atoms with E-state index in [-0.39, 0.29) is 0 Å². The molecular weight excluding hydrogens is 132 g/mol. The quantitative estimate of drug-likeness (QED) is 0.571. The fourth-order valence-electron chi connectivity index (χ4n) is 1.47. The Morgan fingerprint density at radius 3 is 2.73 bits per heavy atom. The third-order valence-electron chi connectivity index (χ3n) is 2.28. The van der Waals surface area contributed by atoms with E-state index in [9.17, 15) is 0 Å². The maximum absolute atomic E-state index is 2.38. The van der Waals surface area contributed by atoms with Crippen LogP contribution in [0.4, 0.5) is 0 Å². The lowest BCUT2D eigenvalue weighted by Crippen LogP contribution is -1.77. The van der Waals surface area contributed by atoms with Crippen LogP contribution in [0.2, 0.25) is 0 Å². The molecule has 0 atom stereocenters. The highest BCUT2D eigenvalue weighted by molar-refractivity contribution is 5.32. The maximum atomic E-state index is 2.38. The maximum Gasteiger partial charge on any atom is -0.0130 e. The van der Waals surface area contributed by atoms with E-state index in [2.05, 4.69) is 26.0 Å². The molecule has 0 bridgehead atoms. The smallest absolute Gasteiger partial charge is 0.0130 e. The van der Waals surface area contributed by atoms with Crippen molar-refractivity contribution in [3.05, 3.63) is 23.3 Å². The Labute approximate surface area is 70.0 Å². The summed E-state index contributed by atoms with van der Waals surface area (Å²) in [5.41, 5.74) is 3.18. The van der Waals surface area contributed by atoms with Crippen molar-refractivity contribution in [3.8, 4) is 0 Å². The molecule has 0 aromatic rings. The molecule has 0 unspecified atom stereocenters. The lowest BCUT2D eigenvalue weighted by molar-refractivity contribution is 0.779. The summed E-state index contributed by atoms with van der Waals surface area (Å²) < 4.78 is 0. The minimum atomic E-state index is 1.20. The molecule has 0 nitrogen and oxygen atoms in total. The summed E-state index contributed by atoms with van der Waals surface area (Å²) in [6.45, 7) is 4.48. The van der Waals surface area contributed by atoms with Crippen LogP contribution in [0.3, 0.4) is 0 Å². The minimum Gasteiger partial charge on any atom is -0.0773 e. The molecule has 11 heavy (non-hydrogen) atoms. The van der Waals surface area contributed by atoms with Crippen molar-refractivity contribution in [3.63, 3.8) is 0 Å². The summed E-state index contributed by atoms with van der Waals surface area (Å²) in [6.07, 6.45) is 11.2. The second kappa shape index (κ2) is 4.38. The van der Waals surface area contributed by atoms with Gasteiger partial charge in [0, 0.05) is 0 Å². The zero-order valence-electron chi connectivity index (χ0n) is 7.69. The van der Waals surface area contributed by atoms with Gasteiger partial charge in [-0.2, -0.15) is 0 Å². The summed E-state index contributed by atoms with van der Waals surface area (Å²) in [6, 6.07) is 0. The van der Waals surface area contributed by atoms with Gasteiger partial charge in [-0.3, -0.25) is 0 Å². The summed E-state index contributed by atoms with van der Waals surface area (Å²) in [5.74, 6) is 0. The van der Waals surface area contributed by atoms with Crippen LogP contribution >= 0.6 is 0 Å². The standard InChI is InChI=1S/C11H18/c1-3-5-6-11-8-7-10(4-2)9-11/h7,9H,3-6,8H2,1-2H3. The number of rotatable bonds is 4. The number of hydrogen-bond acceptors (Lipinski definition) is 0. The molecule has 1 rings (SSSR count). The second-order valence-electron chi connectivity index (χ2n) is 3.24. The van der Waals surface area contributed by atoms with E-state index in [0.29, 0.717) is 0 Å². The van der Waals surface area contributed by atoms with Gasteiger partial charge in [-0.05, 0) is 25.7 Å². The van der Waals surface area contributed by atoms with Crippen LogP contribution in [0.25, 0.3) is 0 Å². The van der Waals surface area contributed by atoms with E-state index in [1.54, 1.807) is 5.57 Å². The molecular formula is C11H18. The topological polar surface area (TPSA) is 0 Å². The van der Waals surface area contributed by atoms with Gasteiger partial charge in [0.05, 0.1) is 0 Å². The van der Waals surface area contributed by atoms with Crippen LogP contribution in [0.15, 0.2) is 23.3 Å². The number of allylic oxidation sites excluding steroid dienone is 4. The van der Waals surface area contributed by atoms with E-state index in [4.69, 9.17) is 0 Å². The Morgan fingerprint density at radius 2 is 2.18 bits per heavy atom. The van der Waals surface area contributed by atoms with Crippen molar-refractivity contribution in [2.45, 2.75) is 46.0 Å². The zero-order valence-corrected chi connectivity index (χ0v) is 7.69. The molecule has 0 aliphatic heterocycles. The monoisotopic (exact) mass is 150 g/mol. The van der Waals surface area contributed by atoms with Crippen LogP contribution in [-0.4, -0.2) is 0 Å². The average Bonchev–Trinajstić information content (AvgIpc) is 2.48. The molecule has 0 N–H and O–H groups in total. The normalized spacial score (nSPS) is 16.5. The highest BCUT2D eigenvalue weighted by atomic mass is 14.1. The molecule has 1 aliphatic rings. The first-order chi connectivity index (χ1) is 5.36.